The average Bonchev–Trinajstić information content (AvgIpc) is 2.61. The van der Waals surface area contributed by atoms with E-state index in [2.05, 4.69) is 4.98 Å². The number of ether oxygens (including phenoxy) is 1. The minimum atomic E-state index is -0.843. The molecule has 2 heterocycles. The molecule has 2 atom stereocenters. The van der Waals surface area contributed by atoms with E-state index in [1.165, 1.54) is 0 Å². The molecule has 1 aromatic heterocycles. The third-order valence-corrected chi connectivity index (χ3v) is 3.64. The molecule has 2 unspecified atom stereocenters. The van der Waals surface area contributed by atoms with Crippen LogP contribution in [0.3, 0.4) is 0 Å². The van der Waals surface area contributed by atoms with Crippen LogP contribution in [0.1, 0.15) is 18.9 Å². The zero-order valence-electron chi connectivity index (χ0n) is 9.52. The van der Waals surface area contributed by atoms with Crippen LogP contribution in [-0.2, 0) is 16.0 Å². The van der Waals surface area contributed by atoms with Gasteiger partial charge in [0, 0.05) is 12.8 Å². The molecule has 0 bridgehead atoms. The fraction of sp³-hybridized carbons (Fsp3) is 0.500. The van der Waals surface area contributed by atoms with Crippen molar-refractivity contribution >= 4 is 17.6 Å². The van der Waals surface area contributed by atoms with Crippen LogP contribution >= 0.6 is 11.6 Å². The first kappa shape index (κ1) is 12.3. The Bertz CT molecular complexity index is 438. The number of aromatic nitrogens is 1. The van der Waals surface area contributed by atoms with Crippen LogP contribution in [0.25, 0.3) is 0 Å². The molecular formula is C12H14ClNO3. The maximum Gasteiger partial charge on any atom is 0.312 e. The van der Waals surface area contributed by atoms with Gasteiger partial charge >= 0.3 is 5.97 Å². The molecule has 0 saturated carbocycles. The van der Waals surface area contributed by atoms with Crippen LogP contribution in [0.2, 0.25) is 5.15 Å². The number of carboxylic acid groups (broad SMARTS) is 1. The third-order valence-electron chi connectivity index (χ3n) is 3.43. The monoisotopic (exact) mass is 255 g/mol. The van der Waals surface area contributed by atoms with E-state index in [-0.39, 0.29) is 6.10 Å². The molecule has 0 amide bonds. The molecule has 17 heavy (non-hydrogen) atoms. The highest BCUT2D eigenvalue weighted by atomic mass is 35.5. The van der Waals surface area contributed by atoms with Crippen molar-refractivity contribution in [2.45, 2.75) is 25.9 Å². The van der Waals surface area contributed by atoms with Crippen LogP contribution in [0.4, 0.5) is 0 Å². The van der Waals surface area contributed by atoms with Crippen LogP contribution in [0.5, 0.6) is 0 Å². The number of rotatable bonds is 3. The second-order valence-corrected chi connectivity index (χ2v) is 4.78. The van der Waals surface area contributed by atoms with Crippen molar-refractivity contribution in [2.75, 3.05) is 6.61 Å². The second-order valence-electron chi connectivity index (χ2n) is 4.39. The van der Waals surface area contributed by atoms with Crippen molar-refractivity contribution < 1.29 is 14.6 Å². The van der Waals surface area contributed by atoms with Crippen LogP contribution in [0, 0.1) is 5.41 Å². The van der Waals surface area contributed by atoms with Crippen molar-refractivity contribution in [3.8, 4) is 0 Å². The summed E-state index contributed by atoms with van der Waals surface area (Å²) in [6, 6.07) is 3.50. The Kier molecular flexibility index (Phi) is 3.35. The molecule has 1 fully saturated rings. The zero-order chi connectivity index (χ0) is 12.5. The van der Waals surface area contributed by atoms with Gasteiger partial charge < -0.3 is 9.84 Å². The lowest BCUT2D eigenvalue weighted by molar-refractivity contribution is -0.151. The normalized spacial score (nSPS) is 28.2. The highest BCUT2D eigenvalue weighted by Gasteiger charge is 2.48. The molecule has 1 aromatic rings. The molecule has 0 aliphatic carbocycles. The number of hydrogen-bond donors (Lipinski definition) is 1. The van der Waals surface area contributed by atoms with Gasteiger partial charge in [0.05, 0.1) is 11.5 Å². The molecule has 5 heteroatoms. The van der Waals surface area contributed by atoms with Crippen molar-refractivity contribution in [3.63, 3.8) is 0 Å². The van der Waals surface area contributed by atoms with Crippen molar-refractivity contribution in [2.24, 2.45) is 5.41 Å². The van der Waals surface area contributed by atoms with Gasteiger partial charge in [-0.15, -0.1) is 0 Å². The number of aliphatic carboxylic acids is 1. The number of carboxylic acids is 1. The van der Waals surface area contributed by atoms with Crippen molar-refractivity contribution in [3.05, 3.63) is 29.0 Å². The first-order chi connectivity index (χ1) is 8.04. The summed E-state index contributed by atoms with van der Waals surface area (Å²) < 4.78 is 5.40. The molecule has 1 aliphatic rings. The number of pyridine rings is 1. The first-order valence-corrected chi connectivity index (χ1v) is 5.88. The van der Waals surface area contributed by atoms with Gasteiger partial charge in [0.25, 0.3) is 0 Å². The molecule has 4 nitrogen and oxygen atoms in total. The van der Waals surface area contributed by atoms with Gasteiger partial charge in [-0.25, -0.2) is 4.98 Å². The maximum absolute atomic E-state index is 11.5. The van der Waals surface area contributed by atoms with Gasteiger partial charge in [-0.2, -0.15) is 0 Å². The second kappa shape index (κ2) is 4.63. The van der Waals surface area contributed by atoms with E-state index in [1.54, 1.807) is 18.3 Å². The van der Waals surface area contributed by atoms with Crippen molar-refractivity contribution in [1.82, 2.24) is 4.98 Å². The summed E-state index contributed by atoms with van der Waals surface area (Å²) in [6.07, 6.45) is 2.26. The van der Waals surface area contributed by atoms with E-state index >= 15 is 0 Å². The highest BCUT2D eigenvalue weighted by Crippen LogP contribution is 2.38. The van der Waals surface area contributed by atoms with E-state index < -0.39 is 11.4 Å². The highest BCUT2D eigenvalue weighted by molar-refractivity contribution is 6.29. The fourth-order valence-electron chi connectivity index (χ4n) is 2.29. The summed E-state index contributed by atoms with van der Waals surface area (Å²) in [5, 5.41) is 9.82. The Morgan fingerprint density at radius 3 is 3.06 bits per heavy atom. The summed E-state index contributed by atoms with van der Waals surface area (Å²) in [5.74, 6) is -0.810. The summed E-state index contributed by atoms with van der Waals surface area (Å²) in [5.41, 5.74) is 0.0368. The van der Waals surface area contributed by atoms with Gasteiger partial charge in [-0.05, 0) is 37.5 Å². The lowest BCUT2D eigenvalue weighted by Crippen LogP contribution is -2.39. The lowest BCUT2D eigenvalue weighted by Gasteiger charge is -2.27. The summed E-state index contributed by atoms with van der Waals surface area (Å²) in [4.78, 5) is 15.4. The van der Waals surface area contributed by atoms with Gasteiger partial charge in [0.1, 0.15) is 5.15 Å². The van der Waals surface area contributed by atoms with E-state index in [9.17, 15) is 9.90 Å². The molecule has 0 spiro atoms. The SMILES string of the molecule is CC1OCCC1(Cc1ccnc(Cl)c1)C(=O)O. The first-order valence-electron chi connectivity index (χ1n) is 5.50. The Morgan fingerprint density at radius 2 is 2.53 bits per heavy atom. The maximum atomic E-state index is 11.5. The molecular weight excluding hydrogens is 242 g/mol. The summed E-state index contributed by atoms with van der Waals surface area (Å²) in [6.45, 7) is 2.30. The smallest absolute Gasteiger partial charge is 0.312 e. The summed E-state index contributed by atoms with van der Waals surface area (Å²) in [7, 11) is 0. The zero-order valence-corrected chi connectivity index (χ0v) is 10.3. The summed E-state index contributed by atoms with van der Waals surface area (Å²) >= 11 is 5.80. The van der Waals surface area contributed by atoms with Crippen LogP contribution in [-0.4, -0.2) is 28.8 Å². The third kappa shape index (κ3) is 2.28. The van der Waals surface area contributed by atoms with Gasteiger partial charge in [-0.1, -0.05) is 11.6 Å². The Hall–Kier alpha value is -1.13. The average molecular weight is 256 g/mol. The number of hydrogen-bond acceptors (Lipinski definition) is 3. The Balaban J connectivity index is 2.28. The van der Waals surface area contributed by atoms with E-state index in [4.69, 9.17) is 16.3 Å². The molecule has 1 saturated heterocycles. The van der Waals surface area contributed by atoms with Gasteiger partial charge in [0.15, 0.2) is 0 Å². The molecule has 0 radical (unpaired) electrons. The van der Waals surface area contributed by atoms with Crippen LogP contribution < -0.4 is 0 Å². The van der Waals surface area contributed by atoms with E-state index in [1.807, 2.05) is 6.92 Å². The van der Waals surface area contributed by atoms with E-state index in [0.29, 0.717) is 24.6 Å². The minimum absolute atomic E-state index is 0.285. The molecule has 92 valence electrons. The Morgan fingerprint density at radius 1 is 1.76 bits per heavy atom. The molecule has 0 aromatic carbocycles. The topological polar surface area (TPSA) is 59.4 Å². The van der Waals surface area contributed by atoms with Gasteiger partial charge in [0.2, 0.25) is 0 Å². The minimum Gasteiger partial charge on any atom is -0.481 e. The number of nitrogens with zero attached hydrogens (tertiary/aromatic N) is 1. The molecule has 1 N–H and O–H groups in total. The van der Waals surface area contributed by atoms with Gasteiger partial charge in [-0.3, -0.25) is 4.79 Å². The molecule has 2 rings (SSSR count). The van der Waals surface area contributed by atoms with Crippen molar-refractivity contribution in [1.29, 1.82) is 0 Å². The standard InChI is InChI=1S/C12H14ClNO3/c1-8-12(11(15)16,3-5-17-8)7-9-2-4-14-10(13)6-9/h2,4,6,8H,3,5,7H2,1H3,(H,15,16). The largest absolute Gasteiger partial charge is 0.481 e. The fourth-order valence-corrected chi connectivity index (χ4v) is 2.48. The number of halogens is 1. The van der Waals surface area contributed by atoms with E-state index in [0.717, 1.165) is 5.56 Å². The van der Waals surface area contributed by atoms with Crippen LogP contribution in [0.15, 0.2) is 18.3 Å². The number of carbonyl (C=O) groups is 1. The quantitative estimate of drug-likeness (QED) is 0.841. The predicted molar refractivity (Wildman–Crippen MR) is 63.1 cm³/mol. The predicted octanol–water partition coefficient (Wildman–Crippen LogP) is 2.16. The molecule has 1 aliphatic heterocycles. The Labute approximate surface area is 105 Å². The lowest BCUT2D eigenvalue weighted by atomic mass is 9.76.